The molecule has 0 amide bonds. The van der Waals surface area contributed by atoms with Gasteiger partial charge >= 0.3 is 0 Å². The number of hydrogen-bond acceptors (Lipinski definition) is 1. The summed E-state index contributed by atoms with van der Waals surface area (Å²) in [6.07, 6.45) is 8.24. The minimum absolute atomic E-state index is 0.280. The summed E-state index contributed by atoms with van der Waals surface area (Å²) >= 11 is 0. The van der Waals surface area contributed by atoms with E-state index in [0.717, 1.165) is 12.0 Å². The van der Waals surface area contributed by atoms with Gasteiger partial charge in [0.15, 0.2) is 0 Å². The lowest BCUT2D eigenvalue weighted by Crippen LogP contribution is -2.49. The zero-order valence-corrected chi connectivity index (χ0v) is 12.9. The van der Waals surface area contributed by atoms with Crippen molar-refractivity contribution in [3.8, 4) is 0 Å². The Morgan fingerprint density at radius 2 is 1.47 bits per heavy atom. The van der Waals surface area contributed by atoms with Crippen LogP contribution in [0.4, 0.5) is 0 Å². The number of hydrogen-bond donors (Lipinski definition) is 1. The van der Waals surface area contributed by atoms with Crippen molar-refractivity contribution >= 4 is 0 Å². The van der Waals surface area contributed by atoms with Crippen molar-refractivity contribution in [3.63, 3.8) is 0 Å². The molecule has 1 aliphatic carbocycles. The van der Waals surface area contributed by atoms with Gasteiger partial charge in [-0.05, 0) is 57.3 Å². The Labute approximate surface area is 109 Å². The van der Waals surface area contributed by atoms with E-state index >= 15 is 0 Å². The normalized spacial score (nSPS) is 27.2. The van der Waals surface area contributed by atoms with E-state index in [1.165, 1.54) is 38.5 Å². The second-order valence-corrected chi connectivity index (χ2v) is 7.89. The summed E-state index contributed by atoms with van der Waals surface area (Å²) in [5, 5.41) is 3.90. The fourth-order valence-electron chi connectivity index (χ4n) is 3.64. The number of nitrogens with one attached hydrogen (secondary N) is 1. The monoisotopic (exact) mass is 239 g/mol. The Morgan fingerprint density at radius 3 is 1.88 bits per heavy atom. The summed E-state index contributed by atoms with van der Waals surface area (Å²) in [5.41, 5.74) is 0.694. The van der Waals surface area contributed by atoms with Crippen LogP contribution < -0.4 is 5.32 Å². The van der Waals surface area contributed by atoms with Crippen LogP contribution in [0, 0.1) is 11.3 Å². The molecule has 1 N–H and O–H groups in total. The Hall–Kier alpha value is -0.0400. The molecule has 0 unspecified atom stereocenters. The van der Waals surface area contributed by atoms with E-state index in [0.29, 0.717) is 5.41 Å². The van der Waals surface area contributed by atoms with Gasteiger partial charge < -0.3 is 5.32 Å². The Bertz CT molecular complexity index is 216. The second-order valence-electron chi connectivity index (χ2n) is 7.89. The molecule has 1 aliphatic rings. The molecule has 1 nitrogen and oxygen atoms in total. The van der Waals surface area contributed by atoms with Crippen LogP contribution in [-0.4, -0.2) is 11.6 Å². The van der Waals surface area contributed by atoms with Gasteiger partial charge in [0.2, 0.25) is 0 Å². The zero-order valence-electron chi connectivity index (χ0n) is 12.9. The van der Waals surface area contributed by atoms with Crippen molar-refractivity contribution in [3.05, 3.63) is 0 Å². The van der Waals surface area contributed by atoms with E-state index in [1.54, 1.807) is 0 Å². The van der Waals surface area contributed by atoms with Gasteiger partial charge in [0.05, 0.1) is 0 Å². The first kappa shape index (κ1) is 15.0. The molecule has 1 saturated carbocycles. The predicted molar refractivity (Wildman–Crippen MR) is 77.3 cm³/mol. The minimum atomic E-state index is 0.280. The Kier molecular flexibility index (Phi) is 5.07. The molecule has 0 saturated heterocycles. The van der Waals surface area contributed by atoms with Gasteiger partial charge in [-0.3, -0.25) is 0 Å². The van der Waals surface area contributed by atoms with Crippen LogP contribution in [0.3, 0.4) is 0 Å². The van der Waals surface area contributed by atoms with Crippen LogP contribution in [0.1, 0.15) is 80.1 Å². The molecule has 102 valence electrons. The molecular formula is C16H33N. The molecule has 0 radical (unpaired) electrons. The molecule has 0 spiro atoms. The minimum Gasteiger partial charge on any atom is -0.309 e. The summed E-state index contributed by atoms with van der Waals surface area (Å²) in [6.45, 7) is 14.1. The van der Waals surface area contributed by atoms with E-state index in [1.807, 2.05) is 0 Å². The highest BCUT2D eigenvalue weighted by molar-refractivity contribution is 4.88. The summed E-state index contributed by atoms with van der Waals surface area (Å²) in [6, 6.07) is 0.759. The van der Waals surface area contributed by atoms with Crippen LogP contribution in [0.25, 0.3) is 0 Å². The van der Waals surface area contributed by atoms with E-state index in [2.05, 4.69) is 46.9 Å². The van der Waals surface area contributed by atoms with Crippen molar-refractivity contribution in [2.75, 3.05) is 0 Å². The van der Waals surface area contributed by atoms with Crippen molar-refractivity contribution in [1.82, 2.24) is 5.32 Å². The molecule has 0 bridgehead atoms. The summed E-state index contributed by atoms with van der Waals surface area (Å²) in [7, 11) is 0. The standard InChI is InChI=1S/C16H33N/c1-7-13-8-10-14(11-9-13)17-16(5,6)12-15(2,3)4/h13-14,17H,7-12H2,1-6H3. The molecule has 0 aromatic heterocycles. The molecule has 1 heteroatoms. The quantitative estimate of drug-likeness (QED) is 0.746. The van der Waals surface area contributed by atoms with Crippen LogP contribution in [0.5, 0.6) is 0 Å². The fourth-order valence-corrected chi connectivity index (χ4v) is 3.64. The molecule has 0 atom stereocenters. The average Bonchev–Trinajstić information content (AvgIpc) is 2.14. The van der Waals surface area contributed by atoms with Crippen LogP contribution >= 0.6 is 0 Å². The molecule has 17 heavy (non-hydrogen) atoms. The van der Waals surface area contributed by atoms with Crippen molar-refractivity contribution in [2.45, 2.75) is 91.6 Å². The van der Waals surface area contributed by atoms with Crippen molar-refractivity contribution in [2.24, 2.45) is 11.3 Å². The highest BCUT2D eigenvalue weighted by Gasteiger charge is 2.29. The number of rotatable bonds is 4. The molecule has 0 aromatic carbocycles. The first-order valence-corrected chi connectivity index (χ1v) is 7.49. The predicted octanol–water partition coefficient (Wildman–Crippen LogP) is 4.76. The largest absolute Gasteiger partial charge is 0.309 e. The summed E-state index contributed by atoms with van der Waals surface area (Å²) in [4.78, 5) is 0. The maximum absolute atomic E-state index is 3.90. The third-order valence-corrected chi connectivity index (χ3v) is 3.99. The van der Waals surface area contributed by atoms with Gasteiger partial charge in [-0.25, -0.2) is 0 Å². The molecule has 0 aliphatic heterocycles. The van der Waals surface area contributed by atoms with E-state index < -0.39 is 0 Å². The molecule has 1 rings (SSSR count). The van der Waals surface area contributed by atoms with Gasteiger partial charge in [-0.1, -0.05) is 34.1 Å². The van der Waals surface area contributed by atoms with Crippen molar-refractivity contribution < 1.29 is 0 Å². The summed E-state index contributed by atoms with van der Waals surface area (Å²) in [5.74, 6) is 0.999. The molecule has 0 aromatic rings. The molecule has 0 heterocycles. The van der Waals surface area contributed by atoms with E-state index in [9.17, 15) is 0 Å². The first-order chi connectivity index (χ1) is 7.72. The third-order valence-electron chi connectivity index (χ3n) is 3.99. The highest BCUT2D eigenvalue weighted by Crippen LogP contribution is 2.31. The first-order valence-electron chi connectivity index (χ1n) is 7.49. The SMILES string of the molecule is CCC1CCC(NC(C)(C)CC(C)(C)C)CC1. The zero-order chi connectivity index (χ0) is 13.1. The second kappa shape index (κ2) is 5.73. The Balaban J connectivity index is 2.38. The fraction of sp³-hybridized carbons (Fsp3) is 1.00. The maximum atomic E-state index is 3.90. The molecule has 1 fully saturated rings. The lowest BCUT2D eigenvalue weighted by molar-refractivity contribution is 0.189. The molecular weight excluding hydrogens is 206 g/mol. The topological polar surface area (TPSA) is 12.0 Å². The van der Waals surface area contributed by atoms with Crippen LogP contribution in [0.2, 0.25) is 0 Å². The van der Waals surface area contributed by atoms with Crippen molar-refractivity contribution in [1.29, 1.82) is 0 Å². The van der Waals surface area contributed by atoms with Gasteiger partial charge in [0.25, 0.3) is 0 Å². The van der Waals surface area contributed by atoms with Gasteiger partial charge in [-0.15, -0.1) is 0 Å². The lowest BCUT2D eigenvalue weighted by atomic mass is 9.79. The maximum Gasteiger partial charge on any atom is 0.0132 e. The summed E-state index contributed by atoms with van der Waals surface area (Å²) < 4.78 is 0. The third kappa shape index (κ3) is 5.90. The van der Waals surface area contributed by atoms with Crippen LogP contribution in [0.15, 0.2) is 0 Å². The van der Waals surface area contributed by atoms with Gasteiger partial charge in [0, 0.05) is 11.6 Å². The van der Waals surface area contributed by atoms with Crippen LogP contribution in [-0.2, 0) is 0 Å². The Morgan fingerprint density at radius 1 is 0.941 bits per heavy atom. The van der Waals surface area contributed by atoms with Gasteiger partial charge in [-0.2, -0.15) is 0 Å². The lowest BCUT2D eigenvalue weighted by Gasteiger charge is -2.39. The van der Waals surface area contributed by atoms with E-state index in [-0.39, 0.29) is 5.54 Å². The highest BCUT2D eigenvalue weighted by atomic mass is 15.0. The smallest absolute Gasteiger partial charge is 0.0132 e. The van der Waals surface area contributed by atoms with Gasteiger partial charge in [0.1, 0.15) is 0 Å². The van der Waals surface area contributed by atoms with E-state index in [4.69, 9.17) is 0 Å². The average molecular weight is 239 g/mol.